The number of nitrogens with zero attached hydrogens (tertiary/aromatic N) is 3. The summed E-state index contributed by atoms with van der Waals surface area (Å²) in [5.74, 6) is 0.983. The Morgan fingerprint density at radius 1 is 1.00 bits per heavy atom. The molecule has 0 radical (unpaired) electrons. The first kappa shape index (κ1) is 19.3. The van der Waals surface area contributed by atoms with E-state index < -0.39 is 0 Å². The van der Waals surface area contributed by atoms with Crippen LogP contribution in [0.25, 0.3) is 22.0 Å². The summed E-state index contributed by atoms with van der Waals surface area (Å²) >= 11 is 3.55. The largest absolute Gasteiger partial charge is 1.00 e. The number of para-hydroxylation sites is 1. The highest BCUT2D eigenvalue weighted by Crippen LogP contribution is 2.39. The zero-order valence-corrected chi connectivity index (χ0v) is 19.3. The number of hydrogen-bond acceptors (Lipinski definition) is 4. The molecule has 3 nitrogen and oxygen atoms in total. The fourth-order valence-corrected chi connectivity index (χ4v) is 5.39. The highest BCUT2D eigenvalue weighted by molar-refractivity contribution is 7.19. The smallest absolute Gasteiger partial charge is 0.264 e. The Kier molecular flexibility index (Phi) is 5.35. The highest BCUT2D eigenvalue weighted by Gasteiger charge is 2.25. The number of benzene rings is 2. The van der Waals surface area contributed by atoms with Crippen LogP contribution in [0, 0.1) is 0 Å². The molecule has 28 heavy (non-hydrogen) atoms. The average molecular weight is 515 g/mol. The van der Waals surface area contributed by atoms with E-state index in [1.54, 1.807) is 22.7 Å². The van der Waals surface area contributed by atoms with Gasteiger partial charge in [-0.3, -0.25) is 0 Å². The lowest BCUT2D eigenvalue weighted by atomic mass is 10.1. The molecular weight excluding hydrogens is 497 g/mol. The van der Waals surface area contributed by atoms with Gasteiger partial charge < -0.3 is 28.9 Å². The van der Waals surface area contributed by atoms with Crippen molar-refractivity contribution in [2.75, 3.05) is 11.9 Å². The van der Waals surface area contributed by atoms with Gasteiger partial charge in [-0.2, -0.15) is 4.57 Å². The Labute approximate surface area is 189 Å². The Balaban J connectivity index is 0.00000192. The maximum Gasteiger partial charge on any atom is 0.264 e. The topological polar surface area (TPSA) is 19.5 Å². The molecule has 0 saturated heterocycles. The van der Waals surface area contributed by atoms with Crippen LogP contribution in [0.5, 0.6) is 0 Å². The van der Waals surface area contributed by atoms with Gasteiger partial charge in [-0.1, -0.05) is 53.8 Å². The first-order valence-electron chi connectivity index (χ1n) is 8.77. The number of thiazole rings is 1. The second-order valence-corrected chi connectivity index (χ2v) is 8.47. The van der Waals surface area contributed by atoms with Crippen LogP contribution in [0.4, 0.5) is 5.69 Å². The lowest BCUT2D eigenvalue weighted by Crippen LogP contribution is -3.00. The van der Waals surface area contributed by atoms with Gasteiger partial charge in [0.15, 0.2) is 0 Å². The first-order chi connectivity index (χ1) is 13.2. The van der Waals surface area contributed by atoms with E-state index in [-0.39, 0.29) is 24.0 Å². The fraction of sp³-hybridized carbons (Fsp3) is 0.0909. The number of hydrogen-bond donors (Lipinski definition) is 0. The van der Waals surface area contributed by atoms with Crippen molar-refractivity contribution in [2.45, 2.75) is 0 Å². The molecule has 2 aromatic carbocycles. The summed E-state index contributed by atoms with van der Waals surface area (Å²) in [4.78, 5) is 8.46. The molecule has 0 saturated carbocycles. The minimum Gasteiger partial charge on any atom is -1.00 e. The summed E-state index contributed by atoms with van der Waals surface area (Å²) in [6, 6.07) is 21.1. The number of aryl methyl sites for hydroxylation is 1. The molecule has 0 bridgehead atoms. The third-order valence-corrected chi connectivity index (χ3v) is 6.94. The van der Waals surface area contributed by atoms with E-state index in [0.717, 1.165) is 17.1 Å². The Bertz CT molecular complexity index is 1200. The molecule has 0 fully saturated rings. The first-order valence-corrected chi connectivity index (χ1v) is 10.5. The number of amidine groups is 1. The van der Waals surface area contributed by atoms with Crippen molar-refractivity contribution in [3.63, 3.8) is 0 Å². The highest BCUT2D eigenvalue weighted by atomic mass is 127. The van der Waals surface area contributed by atoms with Crippen LogP contribution in [0.2, 0.25) is 0 Å². The number of thiophene rings is 1. The van der Waals surface area contributed by atoms with E-state index in [9.17, 15) is 0 Å². The normalized spacial score (nSPS) is 14.7. The molecule has 0 amide bonds. The SMILES string of the molecule is CN1C(c2ccccc2)=N/C(=C/c2sc3ccccc3[n+]2C)c2sccc21.[I-]. The van der Waals surface area contributed by atoms with Crippen LogP contribution in [0.3, 0.4) is 0 Å². The van der Waals surface area contributed by atoms with Gasteiger partial charge >= 0.3 is 0 Å². The molecule has 5 rings (SSSR count). The molecule has 0 atom stereocenters. The van der Waals surface area contributed by atoms with E-state index in [4.69, 9.17) is 4.99 Å². The molecule has 4 aromatic rings. The third kappa shape index (κ3) is 3.19. The van der Waals surface area contributed by atoms with Gasteiger partial charge in [-0.05, 0) is 17.5 Å². The van der Waals surface area contributed by atoms with Crippen LogP contribution in [0.1, 0.15) is 15.4 Å². The third-order valence-electron chi connectivity index (χ3n) is 4.85. The second-order valence-electron chi connectivity index (χ2n) is 6.49. The molecule has 0 aliphatic carbocycles. The minimum atomic E-state index is 0. The number of fused-ring (bicyclic) bond motifs is 2. The van der Waals surface area contributed by atoms with Crippen LogP contribution in [-0.4, -0.2) is 12.9 Å². The lowest BCUT2D eigenvalue weighted by Gasteiger charge is -2.26. The Hall–Kier alpha value is -2.03. The van der Waals surface area contributed by atoms with Crippen molar-refractivity contribution < 1.29 is 28.5 Å². The number of aliphatic imine (C=N–C) groups is 1. The summed E-state index contributed by atoms with van der Waals surface area (Å²) in [5, 5.41) is 3.34. The van der Waals surface area contributed by atoms with Crippen molar-refractivity contribution in [2.24, 2.45) is 12.0 Å². The monoisotopic (exact) mass is 515 g/mol. The number of halogens is 1. The van der Waals surface area contributed by atoms with Gasteiger partial charge in [0, 0.05) is 24.8 Å². The molecule has 1 aliphatic rings. The van der Waals surface area contributed by atoms with Gasteiger partial charge in [0.2, 0.25) is 5.52 Å². The number of anilines is 1. The van der Waals surface area contributed by atoms with Crippen molar-refractivity contribution >= 4 is 56.2 Å². The zero-order chi connectivity index (χ0) is 18.4. The summed E-state index contributed by atoms with van der Waals surface area (Å²) in [6.45, 7) is 0. The quantitative estimate of drug-likeness (QED) is 0.296. The zero-order valence-electron chi connectivity index (χ0n) is 15.5. The average Bonchev–Trinajstić information content (AvgIpc) is 3.31. The van der Waals surface area contributed by atoms with Crippen molar-refractivity contribution in [3.8, 4) is 0 Å². The molecule has 0 spiro atoms. The van der Waals surface area contributed by atoms with Gasteiger partial charge in [0.05, 0.1) is 16.3 Å². The van der Waals surface area contributed by atoms with Crippen LogP contribution >= 0.6 is 22.7 Å². The maximum absolute atomic E-state index is 5.06. The van der Waals surface area contributed by atoms with Gasteiger partial charge in [0.1, 0.15) is 17.6 Å². The standard InChI is InChI=1S/C22H18N3S2.HI/c1-24-17-10-6-7-11-19(17)27-20(24)14-16-21-18(12-13-26-21)25(2)22(23-16)15-8-4-3-5-9-15;/h3-14H,1-2H3;1H/q+1;/p-1. The van der Waals surface area contributed by atoms with E-state index in [1.165, 1.54) is 25.8 Å². The van der Waals surface area contributed by atoms with E-state index >= 15 is 0 Å². The van der Waals surface area contributed by atoms with Crippen molar-refractivity contribution in [1.29, 1.82) is 0 Å². The second kappa shape index (κ2) is 7.77. The summed E-state index contributed by atoms with van der Waals surface area (Å²) in [7, 11) is 4.21. The molecule has 0 N–H and O–H groups in total. The van der Waals surface area contributed by atoms with Gasteiger partial charge in [0.25, 0.3) is 5.01 Å². The summed E-state index contributed by atoms with van der Waals surface area (Å²) < 4.78 is 3.54. The molecule has 140 valence electrons. The van der Waals surface area contributed by atoms with E-state index in [0.29, 0.717) is 0 Å². The van der Waals surface area contributed by atoms with Crippen LogP contribution < -0.4 is 33.4 Å². The van der Waals surface area contributed by atoms with Crippen LogP contribution in [-0.2, 0) is 7.05 Å². The van der Waals surface area contributed by atoms with Crippen LogP contribution in [0.15, 0.2) is 71.0 Å². The van der Waals surface area contributed by atoms with Crippen molar-refractivity contribution in [3.05, 3.63) is 81.5 Å². The predicted octanol–water partition coefficient (Wildman–Crippen LogP) is 2.19. The molecule has 0 unspecified atom stereocenters. The molecule has 3 heterocycles. The molecule has 2 aromatic heterocycles. The summed E-state index contributed by atoms with van der Waals surface area (Å²) in [5.41, 5.74) is 4.62. The maximum atomic E-state index is 5.06. The summed E-state index contributed by atoms with van der Waals surface area (Å²) in [6.07, 6.45) is 2.22. The minimum absolute atomic E-state index is 0. The molecule has 6 heteroatoms. The predicted molar refractivity (Wildman–Crippen MR) is 117 cm³/mol. The molecular formula is C22H18IN3S2. The lowest BCUT2D eigenvalue weighted by molar-refractivity contribution is -0.642. The van der Waals surface area contributed by atoms with E-state index in [2.05, 4.69) is 89.6 Å². The van der Waals surface area contributed by atoms with Gasteiger partial charge in [-0.15, -0.1) is 11.3 Å². The van der Waals surface area contributed by atoms with Crippen molar-refractivity contribution in [1.82, 2.24) is 0 Å². The number of rotatable bonds is 2. The fourth-order valence-electron chi connectivity index (χ4n) is 3.42. The van der Waals surface area contributed by atoms with E-state index in [1.807, 2.05) is 6.07 Å². The van der Waals surface area contributed by atoms with Gasteiger partial charge in [-0.25, -0.2) is 4.99 Å². The Morgan fingerprint density at radius 2 is 1.75 bits per heavy atom. The molecule has 1 aliphatic heterocycles. The number of aromatic nitrogens is 1. The Morgan fingerprint density at radius 3 is 2.54 bits per heavy atom.